The van der Waals surface area contributed by atoms with Crippen LogP contribution in [-0.4, -0.2) is 21.2 Å². The summed E-state index contributed by atoms with van der Waals surface area (Å²) in [7, 11) is 0. The predicted octanol–water partition coefficient (Wildman–Crippen LogP) is 5.83. The van der Waals surface area contributed by atoms with Crippen molar-refractivity contribution in [1.82, 2.24) is 4.98 Å². The average molecular weight is 399 g/mol. The molecule has 0 unspecified atom stereocenters. The third kappa shape index (κ3) is 4.10. The van der Waals surface area contributed by atoms with E-state index in [-0.39, 0.29) is 11.4 Å². The normalized spacial score (nSPS) is 11.6. The quantitative estimate of drug-likeness (QED) is 0.258. The number of nitrogens with zero attached hydrogens (tertiary/aromatic N) is 3. The Hall–Kier alpha value is -4.26. The molecule has 0 saturated heterocycles. The highest BCUT2D eigenvalue weighted by Gasteiger charge is 2.13. The van der Waals surface area contributed by atoms with Gasteiger partial charge in [0, 0.05) is 18.3 Å². The smallest absolute Gasteiger partial charge is 0.270 e. The molecular formula is C23H17N3O4. The molecule has 7 heteroatoms. The Labute approximate surface area is 171 Å². The van der Waals surface area contributed by atoms with E-state index in [0.717, 1.165) is 11.1 Å². The Balaban J connectivity index is 1.57. The highest BCUT2D eigenvalue weighted by Crippen LogP contribution is 2.34. The van der Waals surface area contributed by atoms with E-state index in [1.165, 1.54) is 18.2 Å². The molecule has 3 aromatic carbocycles. The van der Waals surface area contributed by atoms with Crippen molar-refractivity contribution in [2.24, 2.45) is 4.99 Å². The van der Waals surface area contributed by atoms with E-state index in [1.807, 2.05) is 25.1 Å². The van der Waals surface area contributed by atoms with Gasteiger partial charge >= 0.3 is 0 Å². The number of fused-ring (bicyclic) bond motifs is 1. The Morgan fingerprint density at radius 2 is 2.00 bits per heavy atom. The molecule has 1 N–H and O–H groups in total. The number of nitro groups is 1. The maximum atomic E-state index is 10.8. The molecule has 1 heterocycles. The van der Waals surface area contributed by atoms with Crippen molar-refractivity contribution in [2.45, 2.75) is 6.92 Å². The zero-order valence-corrected chi connectivity index (χ0v) is 16.0. The van der Waals surface area contributed by atoms with Crippen molar-refractivity contribution in [3.05, 3.63) is 88.0 Å². The van der Waals surface area contributed by atoms with Crippen LogP contribution in [0.15, 0.2) is 76.1 Å². The van der Waals surface area contributed by atoms with E-state index in [4.69, 9.17) is 4.42 Å². The van der Waals surface area contributed by atoms with Crippen LogP contribution in [0.25, 0.3) is 28.6 Å². The number of benzene rings is 3. The fourth-order valence-electron chi connectivity index (χ4n) is 2.95. The van der Waals surface area contributed by atoms with Crippen LogP contribution in [0.4, 0.5) is 11.4 Å². The lowest BCUT2D eigenvalue weighted by Crippen LogP contribution is -1.87. The highest BCUT2D eigenvalue weighted by molar-refractivity contribution is 5.82. The highest BCUT2D eigenvalue weighted by atomic mass is 16.6. The molecule has 148 valence electrons. The fraction of sp³-hybridized carbons (Fsp3) is 0.0435. The monoisotopic (exact) mass is 399 g/mol. The van der Waals surface area contributed by atoms with Crippen molar-refractivity contribution < 1.29 is 14.4 Å². The van der Waals surface area contributed by atoms with Crippen LogP contribution >= 0.6 is 0 Å². The number of non-ortho nitro benzene ring substituents is 1. The molecule has 1 aromatic heterocycles. The molecule has 0 fully saturated rings. The van der Waals surface area contributed by atoms with Crippen LogP contribution in [-0.2, 0) is 0 Å². The van der Waals surface area contributed by atoms with Gasteiger partial charge in [0.05, 0.1) is 16.2 Å². The van der Waals surface area contributed by atoms with E-state index in [2.05, 4.69) is 9.98 Å². The van der Waals surface area contributed by atoms with Crippen molar-refractivity contribution in [1.29, 1.82) is 0 Å². The number of hydrogen-bond donors (Lipinski definition) is 1. The molecule has 0 aliphatic heterocycles. The maximum absolute atomic E-state index is 10.8. The molecule has 0 amide bonds. The average Bonchev–Trinajstić information content (AvgIpc) is 3.15. The molecule has 30 heavy (non-hydrogen) atoms. The number of aryl methyl sites for hydroxylation is 1. The maximum Gasteiger partial charge on any atom is 0.270 e. The molecule has 0 radical (unpaired) electrons. The van der Waals surface area contributed by atoms with E-state index >= 15 is 0 Å². The van der Waals surface area contributed by atoms with Gasteiger partial charge in [-0.25, -0.2) is 4.98 Å². The van der Waals surface area contributed by atoms with Gasteiger partial charge in [0.1, 0.15) is 11.3 Å². The number of aromatic nitrogens is 1. The van der Waals surface area contributed by atoms with Crippen molar-refractivity contribution in [3.8, 4) is 17.2 Å². The summed E-state index contributed by atoms with van der Waals surface area (Å²) in [4.78, 5) is 19.2. The number of phenols is 1. The molecule has 0 spiro atoms. The molecule has 0 atom stereocenters. The zero-order chi connectivity index (χ0) is 21.1. The van der Waals surface area contributed by atoms with E-state index in [0.29, 0.717) is 28.3 Å². The fourth-order valence-corrected chi connectivity index (χ4v) is 2.95. The van der Waals surface area contributed by atoms with Gasteiger partial charge in [-0.15, -0.1) is 0 Å². The van der Waals surface area contributed by atoms with Gasteiger partial charge < -0.3 is 9.52 Å². The first kappa shape index (κ1) is 19.1. The van der Waals surface area contributed by atoms with Gasteiger partial charge in [-0.2, -0.15) is 0 Å². The first-order valence-corrected chi connectivity index (χ1v) is 9.15. The number of hydrogen-bond acceptors (Lipinski definition) is 6. The molecular weight excluding hydrogens is 382 g/mol. The molecule has 4 aromatic rings. The predicted molar refractivity (Wildman–Crippen MR) is 116 cm³/mol. The van der Waals surface area contributed by atoms with E-state index in [1.54, 1.807) is 42.6 Å². The third-order valence-corrected chi connectivity index (χ3v) is 4.43. The summed E-state index contributed by atoms with van der Waals surface area (Å²) >= 11 is 0. The second-order valence-corrected chi connectivity index (χ2v) is 6.68. The SMILES string of the molecule is Cc1ccc2oc(-c3cc(N=CC=Cc4cccc([N+](=O)[O-])c4)ccc3O)nc2c1. The summed E-state index contributed by atoms with van der Waals surface area (Å²) in [5.74, 6) is 0.363. The van der Waals surface area contributed by atoms with Crippen molar-refractivity contribution in [3.63, 3.8) is 0 Å². The number of nitro benzene ring substituents is 1. The van der Waals surface area contributed by atoms with Gasteiger partial charge in [-0.1, -0.05) is 24.3 Å². The minimum Gasteiger partial charge on any atom is -0.507 e. The Morgan fingerprint density at radius 1 is 1.13 bits per heavy atom. The van der Waals surface area contributed by atoms with Crippen molar-refractivity contribution >= 4 is 34.8 Å². The Bertz CT molecular complexity index is 1310. The first-order valence-electron chi connectivity index (χ1n) is 9.15. The summed E-state index contributed by atoms with van der Waals surface area (Å²) < 4.78 is 5.77. The van der Waals surface area contributed by atoms with E-state index < -0.39 is 4.92 Å². The molecule has 0 aliphatic carbocycles. The molecule has 7 nitrogen and oxygen atoms in total. The van der Waals surface area contributed by atoms with Gasteiger partial charge in [-0.3, -0.25) is 15.1 Å². The number of aliphatic imine (C=N–C) groups is 1. The lowest BCUT2D eigenvalue weighted by atomic mass is 10.1. The number of allylic oxidation sites excluding steroid dienone is 1. The number of oxazole rings is 1. The largest absolute Gasteiger partial charge is 0.507 e. The molecule has 0 bridgehead atoms. The van der Waals surface area contributed by atoms with Gasteiger partial charge in [0.25, 0.3) is 5.69 Å². The third-order valence-electron chi connectivity index (χ3n) is 4.43. The topological polar surface area (TPSA) is 102 Å². The van der Waals surface area contributed by atoms with Crippen LogP contribution in [0.5, 0.6) is 5.75 Å². The molecule has 0 aliphatic rings. The zero-order valence-electron chi connectivity index (χ0n) is 16.0. The van der Waals surface area contributed by atoms with Gasteiger partial charge in [-0.05, 0) is 54.5 Å². The lowest BCUT2D eigenvalue weighted by Gasteiger charge is -2.01. The van der Waals surface area contributed by atoms with Crippen molar-refractivity contribution in [2.75, 3.05) is 0 Å². The Kier molecular flexibility index (Phi) is 5.09. The number of phenolic OH excluding ortho intramolecular Hbond substituents is 1. The molecule has 4 rings (SSSR count). The van der Waals surface area contributed by atoms with Crippen LogP contribution in [0.2, 0.25) is 0 Å². The lowest BCUT2D eigenvalue weighted by molar-refractivity contribution is -0.384. The minimum atomic E-state index is -0.434. The van der Waals surface area contributed by atoms with Crippen LogP contribution in [0.1, 0.15) is 11.1 Å². The summed E-state index contributed by atoms with van der Waals surface area (Å²) in [6.07, 6.45) is 4.99. The minimum absolute atomic E-state index is 0.0331. The number of rotatable bonds is 5. The van der Waals surface area contributed by atoms with Gasteiger partial charge in [0.2, 0.25) is 5.89 Å². The summed E-state index contributed by atoms with van der Waals surface area (Å²) in [5, 5.41) is 21.1. The number of aromatic hydroxyl groups is 1. The second kappa shape index (κ2) is 8.00. The summed E-state index contributed by atoms with van der Waals surface area (Å²) in [5.41, 5.74) is 4.21. The molecule has 0 saturated carbocycles. The van der Waals surface area contributed by atoms with Crippen LogP contribution in [0, 0.1) is 17.0 Å². The Morgan fingerprint density at radius 3 is 2.83 bits per heavy atom. The standard InChI is InChI=1S/C23H17N3O4/c1-15-7-10-22-20(12-15)25-23(30-22)19-14-17(8-9-21(19)27)24-11-3-5-16-4-2-6-18(13-16)26(28)29/h2-14,27H,1H3. The second-order valence-electron chi connectivity index (χ2n) is 6.68. The first-order chi connectivity index (χ1) is 14.5. The summed E-state index contributed by atoms with van der Waals surface area (Å²) in [6, 6.07) is 16.9. The summed E-state index contributed by atoms with van der Waals surface area (Å²) in [6.45, 7) is 1.97. The van der Waals surface area contributed by atoms with Crippen LogP contribution < -0.4 is 0 Å². The van der Waals surface area contributed by atoms with E-state index in [9.17, 15) is 15.2 Å². The van der Waals surface area contributed by atoms with Gasteiger partial charge in [0.15, 0.2) is 5.58 Å². The van der Waals surface area contributed by atoms with Crippen LogP contribution in [0.3, 0.4) is 0 Å².